The summed E-state index contributed by atoms with van der Waals surface area (Å²) in [7, 11) is 1.31. The maximum Gasteiger partial charge on any atom is 0.410 e. The van der Waals surface area contributed by atoms with E-state index >= 15 is 0 Å². The average Bonchev–Trinajstić information content (AvgIpc) is 2.61. The Balaban J connectivity index is 2.10. The number of rotatable bonds is 6. The summed E-state index contributed by atoms with van der Waals surface area (Å²) in [5, 5.41) is 0. The van der Waals surface area contributed by atoms with Crippen molar-refractivity contribution in [2.45, 2.75) is 52.0 Å². The smallest absolute Gasteiger partial charge is 0.410 e. The maximum atomic E-state index is 12.5. The fourth-order valence-electron chi connectivity index (χ4n) is 3.12. The first-order chi connectivity index (χ1) is 13.6. The highest BCUT2D eigenvalue weighted by Crippen LogP contribution is 2.22. The van der Waals surface area contributed by atoms with Crippen LogP contribution in [-0.2, 0) is 20.8 Å². The summed E-state index contributed by atoms with van der Waals surface area (Å²) in [6.07, 6.45) is -0.331. The van der Waals surface area contributed by atoms with E-state index in [9.17, 15) is 18.4 Å². The van der Waals surface area contributed by atoms with E-state index in [4.69, 9.17) is 9.47 Å². The van der Waals surface area contributed by atoms with Crippen molar-refractivity contribution in [2.75, 3.05) is 26.7 Å². The molecule has 0 aliphatic carbocycles. The quantitative estimate of drug-likeness (QED) is 0.666. The van der Waals surface area contributed by atoms with Gasteiger partial charge in [-0.25, -0.2) is 4.79 Å². The molecule has 0 aromatic heterocycles. The predicted molar refractivity (Wildman–Crippen MR) is 102 cm³/mol. The predicted octanol–water partition coefficient (Wildman–Crippen LogP) is 3.27. The Labute approximate surface area is 169 Å². The zero-order chi connectivity index (χ0) is 21.6. The fourth-order valence-corrected chi connectivity index (χ4v) is 3.12. The van der Waals surface area contributed by atoms with Crippen molar-refractivity contribution >= 4 is 12.1 Å². The summed E-state index contributed by atoms with van der Waals surface area (Å²) in [6, 6.07) is 6.15. The minimum atomic E-state index is -2.89. The van der Waals surface area contributed by atoms with Crippen LogP contribution in [0.4, 0.5) is 13.6 Å². The number of amides is 1. The van der Waals surface area contributed by atoms with Gasteiger partial charge in [-0.3, -0.25) is 9.69 Å². The van der Waals surface area contributed by atoms with Crippen LogP contribution in [0.1, 0.15) is 32.8 Å². The van der Waals surface area contributed by atoms with Crippen LogP contribution < -0.4 is 4.74 Å². The molecular formula is C20H28F2N2O5. The van der Waals surface area contributed by atoms with Crippen LogP contribution in [0.25, 0.3) is 0 Å². The van der Waals surface area contributed by atoms with Gasteiger partial charge in [0, 0.05) is 32.2 Å². The second-order valence-electron chi connectivity index (χ2n) is 7.86. The zero-order valence-corrected chi connectivity index (χ0v) is 17.2. The Hall–Kier alpha value is -2.42. The topological polar surface area (TPSA) is 68.3 Å². The molecule has 1 fully saturated rings. The van der Waals surface area contributed by atoms with E-state index in [0.29, 0.717) is 26.2 Å². The van der Waals surface area contributed by atoms with Gasteiger partial charge in [-0.2, -0.15) is 8.78 Å². The molecule has 1 aromatic carbocycles. The molecule has 1 aromatic rings. The van der Waals surface area contributed by atoms with Gasteiger partial charge in [-0.15, -0.1) is 0 Å². The van der Waals surface area contributed by atoms with Crippen LogP contribution >= 0.6 is 0 Å². The molecule has 1 saturated heterocycles. The van der Waals surface area contributed by atoms with Gasteiger partial charge in [0.05, 0.1) is 13.5 Å². The van der Waals surface area contributed by atoms with Crippen molar-refractivity contribution in [3.05, 3.63) is 29.8 Å². The highest BCUT2D eigenvalue weighted by atomic mass is 19.3. The van der Waals surface area contributed by atoms with E-state index in [-0.39, 0.29) is 24.2 Å². The number of carbonyl (C=O) groups is 2. The number of hydrogen-bond acceptors (Lipinski definition) is 6. The van der Waals surface area contributed by atoms with Crippen LogP contribution in [0.2, 0.25) is 0 Å². The van der Waals surface area contributed by atoms with Crippen LogP contribution in [0.5, 0.6) is 5.75 Å². The highest BCUT2D eigenvalue weighted by Gasteiger charge is 2.33. The first-order valence-corrected chi connectivity index (χ1v) is 9.40. The molecule has 7 nitrogen and oxygen atoms in total. The molecule has 1 atom stereocenters. The molecular weight excluding hydrogens is 386 g/mol. The lowest BCUT2D eigenvalue weighted by atomic mass is 10.1. The molecule has 9 heteroatoms. The number of esters is 1. The number of halogens is 2. The monoisotopic (exact) mass is 414 g/mol. The molecule has 0 bridgehead atoms. The normalized spacial score (nSPS) is 17.9. The molecule has 2 rings (SSSR count). The largest absolute Gasteiger partial charge is 0.469 e. The fraction of sp³-hybridized carbons (Fsp3) is 0.600. The second-order valence-corrected chi connectivity index (χ2v) is 7.86. The van der Waals surface area contributed by atoms with Crippen molar-refractivity contribution in [1.29, 1.82) is 0 Å². The van der Waals surface area contributed by atoms with Crippen LogP contribution in [0.3, 0.4) is 0 Å². The number of ether oxygens (including phenoxy) is 3. The van der Waals surface area contributed by atoms with Gasteiger partial charge in [-0.1, -0.05) is 12.1 Å². The Morgan fingerprint density at radius 3 is 2.59 bits per heavy atom. The summed E-state index contributed by atoms with van der Waals surface area (Å²) in [5.41, 5.74) is 0.153. The summed E-state index contributed by atoms with van der Waals surface area (Å²) >= 11 is 0. The van der Waals surface area contributed by atoms with Crippen LogP contribution in [0.15, 0.2) is 24.3 Å². The van der Waals surface area contributed by atoms with E-state index in [1.165, 1.54) is 13.2 Å². The zero-order valence-electron chi connectivity index (χ0n) is 17.2. The molecule has 1 aliphatic heterocycles. The third-order valence-corrected chi connectivity index (χ3v) is 4.40. The molecule has 0 N–H and O–H groups in total. The van der Waals surface area contributed by atoms with Gasteiger partial charge in [0.2, 0.25) is 0 Å². The standard InChI is InChI=1S/C20H28F2N2O5/c1-20(2,3)29-19(26)24-9-8-23(15(13-24)11-17(25)27-4)12-14-6-5-7-16(10-14)28-18(21)22/h5-7,10,15,18H,8-9,11-13H2,1-4H3. The first-order valence-electron chi connectivity index (χ1n) is 9.40. The van der Waals surface area contributed by atoms with Crippen LogP contribution in [0, 0.1) is 0 Å². The molecule has 0 radical (unpaired) electrons. The lowest BCUT2D eigenvalue weighted by Crippen LogP contribution is -2.55. The van der Waals surface area contributed by atoms with Gasteiger partial charge in [0.25, 0.3) is 0 Å². The SMILES string of the molecule is COC(=O)CC1CN(C(=O)OC(C)(C)C)CCN1Cc1cccc(OC(F)F)c1. The summed E-state index contributed by atoms with van der Waals surface area (Å²) in [5.74, 6) is -0.310. The van der Waals surface area contributed by atoms with Crippen molar-refractivity contribution in [2.24, 2.45) is 0 Å². The third kappa shape index (κ3) is 7.49. The summed E-state index contributed by atoms with van der Waals surface area (Å²) < 4.78 is 39.6. The van der Waals surface area contributed by atoms with E-state index < -0.39 is 18.3 Å². The highest BCUT2D eigenvalue weighted by molar-refractivity contribution is 5.71. The number of benzene rings is 1. The minimum Gasteiger partial charge on any atom is -0.469 e. The van der Waals surface area contributed by atoms with Crippen molar-refractivity contribution in [3.63, 3.8) is 0 Å². The van der Waals surface area contributed by atoms with Crippen LogP contribution in [-0.4, -0.2) is 66.9 Å². The third-order valence-electron chi connectivity index (χ3n) is 4.40. The maximum absolute atomic E-state index is 12.5. The first kappa shape index (κ1) is 22.9. The number of piperazine rings is 1. The number of nitrogens with zero attached hydrogens (tertiary/aromatic N) is 2. The van der Waals surface area contributed by atoms with Gasteiger partial charge in [-0.05, 0) is 38.5 Å². The van der Waals surface area contributed by atoms with Crippen molar-refractivity contribution < 1.29 is 32.6 Å². The second kappa shape index (κ2) is 9.87. The lowest BCUT2D eigenvalue weighted by molar-refractivity contribution is -0.142. The summed E-state index contributed by atoms with van der Waals surface area (Å²) in [6.45, 7) is 4.14. The molecule has 0 spiro atoms. The van der Waals surface area contributed by atoms with Gasteiger partial charge < -0.3 is 19.1 Å². The molecule has 1 unspecified atom stereocenters. The Bertz CT molecular complexity index is 708. The van der Waals surface area contributed by atoms with E-state index in [1.54, 1.807) is 43.9 Å². The minimum absolute atomic E-state index is 0.0782. The molecule has 29 heavy (non-hydrogen) atoms. The molecule has 1 aliphatic rings. The molecule has 1 amide bonds. The summed E-state index contributed by atoms with van der Waals surface area (Å²) in [4.78, 5) is 27.9. The molecule has 1 heterocycles. The Morgan fingerprint density at radius 1 is 1.24 bits per heavy atom. The number of carbonyl (C=O) groups excluding carboxylic acids is 2. The number of methoxy groups -OCH3 is 1. The van der Waals surface area contributed by atoms with Gasteiger partial charge in [0.15, 0.2) is 0 Å². The van der Waals surface area contributed by atoms with E-state index in [0.717, 1.165) is 5.56 Å². The van der Waals surface area contributed by atoms with Gasteiger partial charge >= 0.3 is 18.7 Å². The van der Waals surface area contributed by atoms with E-state index in [1.807, 2.05) is 4.90 Å². The van der Waals surface area contributed by atoms with Gasteiger partial charge in [0.1, 0.15) is 11.4 Å². The molecule has 162 valence electrons. The number of hydrogen-bond donors (Lipinski definition) is 0. The Kier molecular flexibility index (Phi) is 7.78. The number of alkyl halides is 2. The molecule has 0 saturated carbocycles. The van der Waals surface area contributed by atoms with E-state index in [2.05, 4.69) is 4.74 Å². The van der Waals surface area contributed by atoms with Crippen molar-refractivity contribution in [1.82, 2.24) is 9.80 Å². The Morgan fingerprint density at radius 2 is 1.97 bits per heavy atom. The lowest BCUT2D eigenvalue weighted by Gasteiger charge is -2.41. The van der Waals surface area contributed by atoms with Crippen molar-refractivity contribution in [3.8, 4) is 5.75 Å². The average molecular weight is 414 g/mol.